The average molecular weight is 316 g/mol. The van der Waals surface area contributed by atoms with E-state index >= 15 is 0 Å². The van der Waals surface area contributed by atoms with Crippen LogP contribution in [-0.4, -0.2) is 0 Å². The van der Waals surface area contributed by atoms with Gasteiger partial charge in [0.05, 0.1) is 0 Å². The monoisotopic (exact) mass is 316 g/mol. The summed E-state index contributed by atoms with van der Waals surface area (Å²) in [5.41, 5.74) is 3.83. The van der Waals surface area contributed by atoms with Gasteiger partial charge >= 0.3 is 0 Å². The molecule has 0 aliphatic heterocycles. The molecule has 0 saturated heterocycles. The summed E-state index contributed by atoms with van der Waals surface area (Å²) in [6.45, 7) is 8.80. The van der Waals surface area contributed by atoms with Crippen molar-refractivity contribution in [3.05, 3.63) is 108 Å². The fourth-order valence-corrected chi connectivity index (χ4v) is 2.81. The molecular formula is C24H28. The van der Waals surface area contributed by atoms with Crippen LogP contribution in [0.1, 0.15) is 44.4 Å². The first-order valence-electron chi connectivity index (χ1n) is 8.71. The van der Waals surface area contributed by atoms with Crippen LogP contribution in [0.4, 0.5) is 0 Å². The van der Waals surface area contributed by atoms with Gasteiger partial charge in [-0.1, -0.05) is 112 Å². The molecule has 0 aromatic heterocycles. The van der Waals surface area contributed by atoms with E-state index in [0.717, 1.165) is 5.92 Å². The largest absolute Gasteiger partial charge is 0.0630 e. The van der Waals surface area contributed by atoms with E-state index in [1.165, 1.54) is 16.7 Å². The fourth-order valence-electron chi connectivity index (χ4n) is 2.81. The highest BCUT2D eigenvalue weighted by molar-refractivity contribution is 5.49. The highest BCUT2D eigenvalue weighted by Gasteiger charge is 2.30. The lowest BCUT2D eigenvalue weighted by molar-refractivity contribution is 0.692. The van der Waals surface area contributed by atoms with Gasteiger partial charge in [-0.15, -0.1) is 0 Å². The Balaban J connectivity index is 0.000000471. The number of hydrogen-bond donors (Lipinski definition) is 0. The van der Waals surface area contributed by atoms with Crippen LogP contribution in [0.2, 0.25) is 0 Å². The number of rotatable bonds is 3. The molecule has 24 heavy (non-hydrogen) atoms. The van der Waals surface area contributed by atoms with E-state index in [2.05, 4.69) is 119 Å². The van der Waals surface area contributed by atoms with Crippen molar-refractivity contribution in [2.75, 3.05) is 0 Å². The van der Waals surface area contributed by atoms with E-state index in [1.807, 2.05) is 0 Å². The summed E-state index contributed by atoms with van der Waals surface area (Å²) in [4.78, 5) is 0. The van der Waals surface area contributed by atoms with Gasteiger partial charge in [0.25, 0.3) is 0 Å². The van der Waals surface area contributed by atoms with E-state index in [-0.39, 0.29) is 5.41 Å². The Bertz CT molecular complexity index is 597. The molecule has 0 amide bonds. The zero-order valence-electron chi connectivity index (χ0n) is 15.2. The van der Waals surface area contributed by atoms with E-state index in [1.54, 1.807) is 0 Å². The molecule has 0 atom stereocenters. The van der Waals surface area contributed by atoms with Gasteiger partial charge in [-0.2, -0.15) is 0 Å². The van der Waals surface area contributed by atoms with E-state index < -0.39 is 0 Å². The van der Waals surface area contributed by atoms with Gasteiger partial charge in [0.15, 0.2) is 0 Å². The molecule has 0 unspecified atom stereocenters. The third-order valence-electron chi connectivity index (χ3n) is 4.05. The molecule has 0 saturated carbocycles. The summed E-state index contributed by atoms with van der Waals surface area (Å²) >= 11 is 0. The molecule has 0 bridgehead atoms. The van der Waals surface area contributed by atoms with E-state index in [0.29, 0.717) is 0 Å². The third kappa shape index (κ3) is 4.35. The van der Waals surface area contributed by atoms with Crippen molar-refractivity contribution in [1.82, 2.24) is 0 Å². The lowest BCUT2D eigenvalue weighted by Gasteiger charge is -2.31. The van der Waals surface area contributed by atoms with Crippen LogP contribution < -0.4 is 0 Å². The Morgan fingerprint density at radius 2 is 0.708 bits per heavy atom. The van der Waals surface area contributed by atoms with Crippen molar-refractivity contribution < 1.29 is 0 Å². The highest BCUT2D eigenvalue weighted by atomic mass is 14.3. The van der Waals surface area contributed by atoms with Crippen molar-refractivity contribution in [2.45, 2.75) is 33.1 Å². The molecule has 0 aliphatic rings. The molecule has 0 heterocycles. The zero-order chi connectivity index (χ0) is 17.4. The summed E-state index contributed by atoms with van der Waals surface area (Å²) in [6, 6.07) is 32.1. The average Bonchev–Trinajstić information content (AvgIpc) is 2.63. The maximum absolute atomic E-state index is 2.30. The lowest BCUT2D eigenvalue weighted by Crippen LogP contribution is -2.25. The molecule has 0 nitrogen and oxygen atoms in total. The van der Waals surface area contributed by atoms with Crippen LogP contribution >= 0.6 is 0 Å². The van der Waals surface area contributed by atoms with Gasteiger partial charge in [0, 0.05) is 5.41 Å². The van der Waals surface area contributed by atoms with Crippen molar-refractivity contribution in [1.29, 1.82) is 0 Å². The summed E-state index contributed by atoms with van der Waals surface area (Å²) in [5, 5.41) is 0. The van der Waals surface area contributed by atoms with Crippen molar-refractivity contribution >= 4 is 0 Å². The first-order valence-corrected chi connectivity index (χ1v) is 8.71. The van der Waals surface area contributed by atoms with Gasteiger partial charge in [-0.3, -0.25) is 0 Å². The van der Waals surface area contributed by atoms with E-state index in [9.17, 15) is 0 Å². The fraction of sp³-hybridized carbons (Fsp3) is 0.250. The predicted molar refractivity (Wildman–Crippen MR) is 105 cm³/mol. The van der Waals surface area contributed by atoms with Crippen LogP contribution in [0.3, 0.4) is 0 Å². The quantitative estimate of drug-likeness (QED) is 0.471. The van der Waals surface area contributed by atoms with Crippen molar-refractivity contribution in [2.24, 2.45) is 5.92 Å². The standard InChI is InChI=1S/C20H18.C4H10/c1-20(17-11-5-2-6-12-17,18-13-7-3-8-14-18)19-15-9-4-10-16-19;1-4(2)3/h2-16H,1H3;4H,1-3H3. The van der Waals surface area contributed by atoms with Gasteiger partial charge in [-0.05, 0) is 29.5 Å². The summed E-state index contributed by atoms with van der Waals surface area (Å²) < 4.78 is 0. The normalized spacial score (nSPS) is 10.9. The second kappa shape index (κ2) is 8.49. The molecule has 124 valence electrons. The van der Waals surface area contributed by atoms with Crippen molar-refractivity contribution in [3.63, 3.8) is 0 Å². The first kappa shape index (κ1) is 18.0. The Morgan fingerprint density at radius 3 is 0.917 bits per heavy atom. The second-order valence-corrected chi connectivity index (χ2v) is 6.96. The minimum atomic E-state index is -0.121. The second-order valence-electron chi connectivity index (χ2n) is 6.96. The first-order chi connectivity index (χ1) is 11.5. The zero-order valence-corrected chi connectivity index (χ0v) is 15.2. The Hall–Kier alpha value is -2.34. The summed E-state index contributed by atoms with van der Waals surface area (Å²) in [7, 11) is 0. The molecule has 0 aliphatic carbocycles. The van der Waals surface area contributed by atoms with Crippen LogP contribution in [-0.2, 0) is 5.41 Å². The van der Waals surface area contributed by atoms with Crippen LogP contribution in [0.15, 0.2) is 91.0 Å². The van der Waals surface area contributed by atoms with Gasteiger partial charge in [0.2, 0.25) is 0 Å². The molecular weight excluding hydrogens is 288 g/mol. The maximum atomic E-state index is 2.30. The van der Waals surface area contributed by atoms with Gasteiger partial charge in [0.1, 0.15) is 0 Å². The summed E-state index contributed by atoms with van der Waals surface area (Å²) in [6.07, 6.45) is 0. The molecule has 0 radical (unpaired) electrons. The van der Waals surface area contributed by atoms with Gasteiger partial charge in [-0.25, -0.2) is 0 Å². The molecule has 0 N–H and O–H groups in total. The Labute approximate surface area is 147 Å². The molecule has 0 spiro atoms. The molecule has 0 fully saturated rings. The van der Waals surface area contributed by atoms with Gasteiger partial charge < -0.3 is 0 Å². The smallest absolute Gasteiger partial charge is 0.0423 e. The topological polar surface area (TPSA) is 0 Å². The van der Waals surface area contributed by atoms with Crippen LogP contribution in [0.25, 0.3) is 0 Å². The minimum Gasteiger partial charge on any atom is -0.0630 e. The predicted octanol–water partition coefficient (Wildman–Crippen LogP) is 6.70. The highest BCUT2D eigenvalue weighted by Crippen LogP contribution is 2.38. The number of benzene rings is 3. The molecule has 3 rings (SSSR count). The van der Waals surface area contributed by atoms with Crippen LogP contribution in [0, 0.1) is 5.92 Å². The Kier molecular flexibility index (Phi) is 6.37. The summed E-state index contributed by atoms with van der Waals surface area (Å²) in [5.74, 6) is 0.833. The molecule has 3 aromatic rings. The minimum absolute atomic E-state index is 0.121. The SMILES string of the molecule is CC(C)C.CC(c1ccccc1)(c1ccccc1)c1ccccc1. The van der Waals surface area contributed by atoms with Crippen molar-refractivity contribution in [3.8, 4) is 0 Å². The Morgan fingerprint density at radius 1 is 0.500 bits per heavy atom. The number of hydrogen-bond acceptors (Lipinski definition) is 0. The molecule has 3 aromatic carbocycles. The van der Waals surface area contributed by atoms with Crippen LogP contribution in [0.5, 0.6) is 0 Å². The molecule has 0 heteroatoms. The third-order valence-corrected chi connectivity index (χ3v) is 4.05. The van der Waals surface area contributed by atoms with E-state index in [4.69, 9.17) is 0 Å². The maximum Gasteiger partial charge on any atom is 0.0423 e. The lowest BCUT2D eigenvalue weighted by atomic mass is 9.71.